The van der Waals surface area contributed by atoms with E-state index in [1.165, 1.54) is 6.42 Å². The fourth-order valence-corrected chi connectivity index (χ4v) is 3.34. The Balaban J connectivity index is 2.05. The van der Waals surface area contributed by atoms with Crippen LogP contribution >= 0.6 is 7.60 Å². The highest BCUT2D eigenvalue weighted by Gasteiger charge is 2.27. The fourth-order valence-electron chi connectivity index (χ4n) is 2.05. The highest BCUT2D eigenvalue weighted by molar-refractivity contribution is 7.61. The molecule has 1 aliphatic rings. The highest BCUT2D eigenvalue weighted by atomic mass is 31.2. The summed E-state index contributed by atoms with van der Waals surface area (Å²) in [6.07, 6.45) is 5.15. The van der Waals surface area contributed by atoms with Crippen molar-refractivity contribution in [2.45, 2.75) is 38.2 Å². The van der Waals surface area contributed by atoms with E-state index in [-0.39, 0.29) is 6.10 Å². The number of rotatable bonds is 3. The molecule has 0 spiro atoms. The van der Waals surface area contributed by atoms with Crippen molar-refractivity contribution in [3.63, 3.8) is 0 Å². The van der Waals surface area contributed by atoms with Gasteiger partial charge in [-0.2, -0.15) is 0 Å². The second-order valence-corrected chi connectivity index (χ2v) is 5.99. The van der Waals surface area contributed by atoms with Gasteiger partial charge in [-0.05, 0) is 25.0 Å². The van der Waals surface area contributed by atoms with E-state index >= 15 is 0 Å². The first-order valence-electron chi connectivity index (χ1n) is 5.75. The zero-order valence-corrected chi connectivity index (χ0v) is 10.1. The second-order valence-electron chi connectivity index (χ2n) is 4.22. The summed E-state index contributed by atoms with van der Waals surface area (Å²) < 4.78 is 17.4. The molecule has 0 amide bonds. The van der Waals surface area contributed by atoms with E-state index in [1.54, 1.807) is 24.3 Å². The summed E-state index contributed by atoms with van der Waals surface area (Å²) in [6, 6.07) is 8.61. The summed E-state index contributed by atoms with van der Waals surface area (Å²) in [6.45, 7) is 0. The van der Waals surface area contributed by atoms with Gasteiger partial charge in [0, 0.05) is 0 Å². The third-order valence-corrected chi connectivity index (χ3v) is 4.46. The average Bonchev–Trinajstić information content (AvgIpc) is 2.31. The summed E-state index contributed by atoms with van der Waals surface area (Å²) in [7, 11) is -3.61. The Labute approximate surface area is 96.0 Å². The first-order chi connectivity index (χ1) is 7.68. The molecule has 1 N–H and O–H groups in total. The molecule has 16 heavy (non-hydrogen) atoms. The highest BCUT2D eigenvalue weighted by Crippen LogP contribution is 2.44. The zero-order valence-electron chi connectivity index (χ0n) is 9.21. The smallest absolute Gasteiger partial charge is 0.321 e. The first-order valence-corrected chi connectivity index (χ1v) is 7.33. The molecule has 0 heterocycles. The van der Waals surface area contributed by atoms with Crippen LogP contribution in [0.25, 0.3) is 0 Å². The maximum atomic E-state index is 12.0. The van der Waals surface area contributed by atoms with Crippen molar-refractivity contribution in [2.75, 3.05) is 0 Å². The van der Waals surface area contributed by atoms with Gasteiger partial charge in [0.05, 0.1) is 11.4 Å². The quantitative estimate of drug-likeness (QED) is 0.826. The average molecular weight is 240 g/mol. The van der Waals surface area contributed by atoms with E-state index < -0.39 is 7.60 Å². The van der Waals surface area contributed by atoms with Crippen LogP contribution in [0.4, 0.5) is 0 Å². The normalized spacial score (nSPS) is 21.6. The lowest BCUT2D eigenvalue weighted by Crippen LogP contribution is -2.18. The van der Waals surface area contributed by atoms with Gasteiger partial charge in [-0.1, -0.05) is 37.5 Å². The van der Waals surface area contributed by atoms with Crippen molar-refractivity contribution in [2.24, 2.45) is 0 Å². The molecule has 0 aromatic heterocycles. The van der Waals surface area contributed by atoms with E-state index in [2.05, 4.69) is 0 Å². The van der Waals surface area contributed by atoms with Crippen molar-refractivity contribution in [3.8, 4) is 0 Å². The molecule has 1 aromatic rings. The monoisotopic (exact) mass is 240 g/mol. The molecule has 1 unspecified atom stereocenters. The van der Waals surface area contributed by atoms with Crippen LogP contribution in [-0.4, -0.2) is 11.0 Å². The minimum atomic E-state index is -3.61. The molecular weight excluding hydrogens is 223 g/mol. The van der Waals surface area contributed by atoms with Crippen LogP contribution in [0.15, 0.2) is 30.3 Å². The van der Waals surface area contributed by atoms with Gasteiger partial charge >= 0.3 is 7.60 Å². The molecule has 0 radical (unpaired) electrons. The van der Waals surface area contributed by atoms with Crippen LogP contribution in [0.5, 0.6) is 0 Å². The minimum absolute atomic E-state index is 0.0511. The molecule has 0 saturated heterocycles. The SMILES string of the molecule is O=P(O)(OC1CCCCC1)c1ccccc1. The molecule has 0 bridgehead atoms. The van der Waals surface area contributed by atoms with Gasteiger partial charge in [0.2, 0.25) is 0 Å². The lowest BCUT2D eigenvalue weighted by atomic mass is 9.98. The van der Waals surface area contributed by atoms with E-state index in [0.29, 0.717) is 5.30 Å². The third-order valence-electron chi connectivity index (χ3n) is 2.93. The van der Waals surface area contributed by atoms with Gasteiger partial charge in [0.1, 0.15) is 0 Å². The molecule has 4 heteroatoms. The third kappa shape index (κ3) is 2.94. The van der Waals surface area contributed by atoms with Gasteiger partial charge < -0.3 is 9.42 Å². The molecule has 1 atom stereocenters. The molecular formula is C12H17O3P. The summed E-state index contributed by atoms with van der Waals surface area (Å²) in [5.41, 5.74) is 0. The molecule has 1 aliphatic carbocycles. The summed E-state index contributed by atoms with van der Waals surface area (Å²) in [5.74, 6) is 0. The Morgan fingerprint density at radius 2 is 1.75 bits per heavy atom. The number of hydrogen-bond acceptors (Lipinski definition) is 2. The minimum Gasteiger partial charge on any atom is -0.321 e. The zero-order chi connectivity index (χ0) is 11.4. The molecule has 88 valence electrons. The standard InChI is InChI=1S/C12H17O3P/c13-16(14,12-9-5-2-6-10-12)15-11-7-3-1-4-8-11/h2,5-6,9-11H,1,3-4,7-8H2,(H,13,14). The summed E-state index contributed by atoms with van der Waals surface area (Å²) >= 11 is 0. The van der Waals surface area contributed by atoms with E-state index in [0.717, 1.165) is 25.7 Å². The lowest BCUT2D eigenvalue weighted by Gasteiger charge is -2.24. The Hall–Kier alpha value is -0.630. The van der Waals surface area contributed by atoms with Crippen molar-refractivity contribution in [1.82, 2.24) is 0 Å². The maximum absolute atomic E-state index is 12.0. The van der Waals surface area contributed by atoms with Crippen LogP contribution in [0.2, 0.25) is 0 Å². The van der Waals surface area contributed by atoms with Crippen molar-refractivity contribution in [1.29, 1.82) is 0 Å². The summed E-state index contributed by atoms with van der Waals surface area (Å²) in [4.78, 5) is 9.87. The first kappa shape index (κ1) is 11.8. The Bertz CT molecular complexity index is 371. The van der Waals surface area contributed by atoms with E-state index in [9.17, 15) is 9.46 Å². The van der Waals surface area contributed by atoms with E-state index in [1.807, 2.05) is 6.07 Å². The van der Waals surface area contributed by atoms with E-state index in [4.69, 9.17) is 4.52 Å². The number of benzene rings is 1. The topological polar surface area (TPSA) is 46.5 Å². The van der Waals surface area contributed by atoms with Crippen molar-refractivity contribution < 1.29 is 14.0 Å². The van der Waals surface area contributed by atoms with Gasteiger partial charge in [-0.25, -0.2) is 0 Å². The van der Waals surface area contributed by atoms with Crippen molar-refractivity contribution in [3.05, 3.63) is 30.3 Å². The summed E-state index contributed by atoms with van der Waals surface area (Å²) in [5, 5.41) is 0.389. The molecule has 1 aromatic carbocycles. The van der Waals surface area contributed by atoms with Crippen molar-refractivity contribution >= 4 is 12.9 Å². The maximum Gasteiger partial charge on any atom is 0.359 e. The Morgan fingerprint density at radius 1 is 1.12 bits per heavy atom. The van der Waals surface area contributed by atoms with Crippen LogP contribution in [0.1, 0.15) is 32.1 Å². The largest absolute Gasteiger partial charge is 0.359 e. The number of hydrogen-bond donors (Lipinski definition) is 1. The molecule has 0 aliphatic heterocycles. The predicted molar refractivity (Wildman–Crippen MR) is 63.9 cm³/mol. The Morgan fingerprint density at radius 3 is 2.38 bits per heavy atom. The lowest BCUT2D eigenvalue weighted by molar-refractivity contribution is 0.140. The van der Waals surface area contributed by atoms with Crippen LogP contribution in [0.3, 0.4) is 0 Å². The van der Waals surface area contributed by atoms with Gasteiger partial charge in [0.25, 0.3) is 0 Å². The van der Waals surface area contributed by atoms with Crippen LogP contribution < -0.4 is 5.30 Å². The Kier molecular flexibility index (Phi) is 3.80. The van der Waals surface area contributed by atoms with Gasteiger partial charge in [-0.3, -0.25) is 4.57 Å². The van der Waals surface area contributed by atoms with Gasteiger partial charge in [0.15, 0.2) is 0 Å². The molecule has 2 rings (SSSR count). The fraction of sp³-hybridized carbons (Fsp3) is 0.500. The van der Waals surface area contributed by atoms with Gasteiger partial charge in [-0.15, -0.1) is 0 Å². The second kappa shape index (κ2) is 5.13. The van der Waals surface area contributed by atoms with Crippen LogP contribution in [-0.2, 0) is 9.09 Å². The molecule has 1 fully saturated rings. The predicted octanol–water partition coefficient (Wildman–Crippen LogP) is 2.85. The molecule has 1 saturated carbocycles. The van der Waals surface area contributed by atoms with Crippen LogP contribution in [0, 0.1) is 0 Å². The molecule has 3 nitrogen and oxygen atoms in total.